The zero-order valence-electron chi connectivity index (χ0n) is 13.1. The van der Waals surface area contributed by atoms with Gasteiger partial charge >= 0.3 is 11.9 Å². The Kier molecular flexibility index (Phi) is 6.95. The van der Waals surface area contributed by atoms with Crippen LogP contribution in [0.5, 0.6) is 11.5 Å². The maximum Gasteiger partial charge on any atom is 0.379 e. The van der Waals surface area contributed by atoms with Crippen molar-refractivity contribution in [1.29, 1.82) is 0 Å². The van der Waals surface area contributed by atoms with Gasteiger partial charge in [0.25, 0.3) is 0 Å². The Labute approximate surface area is 129 Å². The van der Waals surface area contributed by atoms with E-state index in [0.29, 0.717) is 23.5 Å². The fraction of sp³-hybridized carbons (Fsp3) is 0.375. The van der Waals surface area contributed by atoms with Crippen molar-refractivity contribution in [3.63, 3.8) is 0 Å². The van der Waals surface area contributed by atoms with Crippen LogP contribution in [0.1, 0.15) is 25.8 Å². The van der Waals surface area contributed by atoms with E-state index in [9.17, 15) is 9.59 Å². The van der Waals surface area contributed by atoms with Gasteiger partial charge in [0.15, 0.2) is 11.5 Å². The van der Waals surface area contributed by atoms with Crippen LogP contribution in [0.4, 0.5) is 0 Å². The molecule has 0 fully saturated rings. The van der Waals surface area contributed by atoms with E-state index >= 15 is 0 Å². The van der Waals surface area contributed by atoms with Gasteiger partial charge in [0.2, 0.25) is 0 Å². The maximum atomic E-state index is 11.5. The Morgan fingerprint density at radius 2 is 1.82 bits per heavy atom. The summed E-state index contributed by atoms with van der Waals surface area (Å²) in [5.41, 5.74) is 0.711. The first-order valence-electron chi connectivity index (χ1n) is 6.84. The SMILES string of the molecule is CCC(C)C(=O)OOC(=O)C=Cc1ccc(OC)c(OC)c1. The third-order valence-corrected chi connectivity index (χ3v) is 3.04. The average Bonchev–Trinajstić information content (AvgIpc) is 2.56. The molecule has 0 bridgehead atoms. The number of hydrogen-bond donors (Lipinski definition) is 0. The fourth-order valence-electron chi connectivity index (χ4n) is 1.48. The lowest BCUT2D eigenvalue weighted by atomic mass is 10.1. The molecule has 6 nitrogen and oxygen atoms in total. The standard InChI is InChI=1S/C16H20O6/c1-5-11(2)16(18)22-21-15(17)9-7-12-6-8-13(19-3)14(10-12)20-4/h6-11H,5H2,1-4H3. The minimum Gasteiger partial charge on any atom is -0.493 e. The third kappa shape index (κ3) is 5.12. The highest BCUT2D eigenvalue weighted by Gasteiger charge is 2.14. The van der Waals surface area contributed by atoms with Crippen LogP contribution in [-0.2, 0) is 19.4 Å². The molecule has 0 amide bonds. The van der Waals surface area contributed by atoms with Crippen molar-refractivity contribution in [2.75, 3.05) is 14.2 Å². The van der Waals surface area contributed by atoms with Crippen LogP contribution in [0.15, 0.2) is 24.3 Å². The molecule has 0 aromatic heterocycles. The molecule has 1 aromatic rings. The number of ether oxygens (including phenoxy) is 2. The monoisotopic (exact) mass is 308 g/mol. The zero-order valence-corrected chi connectivity index (χ0v) is 13.1. The summed E-state index contributed by atoms with van der Waals surface area (Å²) in [4.78, 5) is 31.7. The highest BCUT2D eigenvalue weighted by Crippen LogP contribution is 2.27. The van der Waals surface area contributed by atoms with E-state index < -0.39 is 11.9 Å². The molecule has 0 saturated heterocycles. The molecule has 0 heterocycles. The predicted octanol–water partition coefficient (Wildman–Crippen LogP) is 2.76. The van der Waals surface area contributed by atoms with Crippen molar-refractivity contribution in [3.05, 3.63) is 29.8 Å². The Morgan fingerprint density at radius 3 is 2.41 bits per heavy atom. The lowest BCUT2D eigenvalue weighted by Gasteiger charge is -2.07. The first-order valence-corrected chi connectivity index (χ1v) is 6.84. The number of benzene rings is 1. The van der Waals surface area contributed by atoms with Crippen molar-refractivity contribution in [2.45, 2.75) is 20.3 Å². The van der Waals surface area contributed by atoms with Gasteiger partial charge < -0.3 is 9.47 Å². The molecule has 0 radical (unpaired) electrons. The highest BCUT2D eigenvalue weighted by molar-refractivity contribution is 5.87. The van der Waals surface area contributed by atoms with E-state index in [-0.39, 0.29) is 5.92 Å². The normalized spacial score (nSPS) is 11.8. The lowest BCUT2D eigenvalue weighted by molar-refractivity contribution is -0.257. The van der Waals surface area contributed by atoms with E-state index in [1.54, 1.807) is 25.1 Å². The largest absolute Gasteiger partial charge is 0.493 e. The van der Waals surface area contributed by atoms with Gasteiger partial charge in [-0.15, -0.1) is 0 Å². The zero-order chi connectivity index (χ0) is 16.5. The van der Waals surface area contributed by atoms with E-state index in [1.807, 2.05) is 6.92 Å². The molecule has 1 atom stereocenters. The Balaban J connectivity index is 2.61. The van der Waals surface area contributed by atoms with Crippen molar-refractivity contribution in [1.82, 2.24) is 0 Å². The van der Waals surface area contributed by atoms with Crippen molar-refractivity contribution in [2.24, 2.45) is 5.92 Å². The Morgan fingerprint density at radius 1 is 1.14 bits per heavy atom. The summed E-state index contributed by atoms with van der Waals surface area (Å²) in [6, 6.07) is 5.16. The van der Waals surface area contributed by atoms with Gasteiger partial charge in [0, 0.05) is 6.08 Å². The predicted molar refractivity (Wildman–Crippen MR) is 80.2 cm³/mol. The Bertz CT molecular complexity index is 550. The second-order valence-corrected chi connectivity index (χ2v) is 4.56. The first-order chi connectivity index (χ1) is 10.5. The minimum atomic E-state index is -0.772. The Hall–Kier alpha value is -2.50. The fourth-order valence-corrected chi connectivity index (χ4v) is 1.48. The molecule has 0 spiro atoms. The molecule has 1 rings (SSSR count). The highest BCUT2D eigenvalue weighted by atomic mass is 17.2. The molecular formula is C16H20O6. The van der Waals surface area contributed by atoms with Crippen molar-refractivity contribution < 1.29 is 28.8 Å². The van der Waals surface area contributed by atoms with Crippen LogP contribution in [0.25, 0.3) is 6.08 Å². The number of rotatable bonds is 6. The van der Waals surface area contributed by atoms with Gasteiger partial charge in [-0.2, -0.15) is 0 Å². The molecular weight excluding hydrogens is 288 g/mol. The van der Waals surface area contributed by atoms with Crippen molar-refractivity contribution >= 4 is 18.0 Å². The summed E-state index contributed by atoms with van der Waals surface area (Å²) in [7, 11) is 3.06. The van der Waals surface area contributed by atoms with Crippen LogP contribution >= 0.6 is 0 Å². The summed E-state index contributed by atoms with van der Waals surface area (Å²) < 4.78 is 10.3. The van der Waals surface area contributed by atoms with E-state index in [4.69, 9.17) is 9.47 Å². The molecule has 0 aliphatic heterocycles. The maximum absolute atomic E-state index is 11.5. The second-order valence-electron chi connectivity index (χ2n) is 4.56. The molecule has 1 unspecified atom stereocenters. The summed E-state index contributed by atoms with van der Waals surface area (Å²) in [5, 5.41) is 0. The van der Waals surface area contributed by atoms with E-state index in [1.165, 1.54) is 20.3 Å². The minimum absolute atomic E-state index is 0.317. The van der Waals surface area contributed by atoms with Crippen molar-refractivity contribution in [3.8, 4) is 11.5 Å². The summed E-state index contributed by atoms with van der Waals surface area (Å²) in [5.74, 6) is -0.532. The smallest absolute Gasteiger partial charge is 0.379 e. The molecule has 0 N–H and O–H groups in total. The van der Waals surface area contributed by atoms with Gasteiger partial charge in [-0.05, 0) is 30.2 Å². The van der Waals surface area contributed by atoms with Gasteiger partial charge in [-0.3, -0.25) is 0 Å². The molecule has 22 heavy (non-hydrogen) atoms. The molecule has 120 valence electrons. The van der Waals surface area contributed by atoms with Crippen LogP contribution in [0.2, 0.25) is 0 Å². The van der Waals surface area contributed by atoms with Gasteiger partial charge in [-0.25, -0.2) is 19.4 Å². The molecule has 1 aromatic carbocycles. The van der Waals surface area contributed by atoms with Gasteiger partial charge in [-0.1, -0.05) is 19.9 Å². The molecule has 0 saturated carbocycles. The number of hydrogen-bond acceptors (Lipinski definition) is 6. The third-order valence-electron chi connectivity index (χ3n) is 3.04. The topological polar surface area (TPSA) is 71.1 Å². The van der Waals surface area contributed by atoms with E-state index in [0.717, 1.165) is 6.08 Å². The lowest BCUT2D eigenvalue weighted by Crippen LogP contribution is -2.16. The van der Waals surface area contributed by atoms with Crippen LogP contribution in [0.3, 0.4) is 0 Å². The van der Waals surface area contributed by atoms with Crippen LogP contribution in [0, 0.1) is 5.92 Å². The first kappa shape index (κ1) is 17.6. The van der Waals surface area contributed by atoms with Crippen LogP contribution in [-0.4, -0.2) is 26.2 Å². The molecule has 6 heteroatoms. The molecule has 0 aliphatic rings. The number of methoxy groups -OCH3 is 2. The van der Waals surface area contributed by atoms with Gasteiger partial charge in [0.05, 0.1) is 20.1 Å². The summed E-state index contributed by atoms with van der Waals surface area (Å²) >= 11 is 0. The molecule has 0 aliphatic carbocycles. The van der Waals surface area contributed by atoms with Crippen LogP contribution < -0.4 is 9.47 Å². The number of carbonyl (C=O) groups is 2. The summed E-state index contributed by atoms with van der Waals surface area (Å²) in [6.07, 6.45) is 3.28. The van der Waals surface area contributed by atoms with E-state index in [2.05, 4.69) is 9.78 Å². The average molecular weight is 308 g/mol. The quantitative estimate of drug-likeness (QED) is 0.457. The second kappa shape index (κ2) is 8.71. The van der Waals surface area contributed by atoms with Gasteiger partial charge in [0.1, 0.15) is 0 Å². The number of carbonyl (C=O) groups excluding carboxylic acids is 2. The summed E-state index contributed by atoms with van der Waals surface area (Å²) in [6.45, 7) is 3.53.